The molecule has 0 spiro atoms. The van der Waals surface area contributed by atoms with Gasteiger partial charge in [0.05, 0.1) is 6.61 Å². The molecule has 0 aliphatic carbocycles. The molecule has 0 fully saturated rings. The summed E-state index contributed by atoms with van der Waals surface area (Å²) in [5, 5.41) is 0. The van der Waals surface area contributed by atoms with Crippen molar-refractivity contribution in [2.24, 2.45) is 0 Å². The van der Waals surface area contributed by atoms with Crippen LogP contribution in [-0.4, -0.2) is 29.0 Å². The molecule has 0 heterocycles. The number of esters is 2. The van der Waals surface area contributed by atoms with Gasteiger partial charge in [0.1, 0.15) is 0 Å². The maximum atomic E-state index is 11.7. The normalized spacial score (nSPS) is 11.1. The first-order valence-corrected chi connectivity index (χ1v) is 5.71. The summed E-state index contributed by atoms with van der Waals surface area (Å²) in [6, 6.07) is 8.50. The van der Waals surface area contributed by atoms with Crippen LogP contribution in [0.1, 0.15) is 25.5 Å². The van der Waals surface area contributed by atoms with Gasteiger partial charge in [-0.2, -0.15) is 4.79 Å². The highest BCUT2D eigenvalue weighted by Gasteiger charge is 2.36. The number of benzene rings is 1. The molecule has 0 saturated heterocycles. The molecule has 0 amide bonds. The summed E-state index contributed by atoms with van der Waals surface area (Å²) >= 11 is 0. The van der Waals surface area contributed by atoms with E-state index >= 15 is 0 Å². The molecule has 100 valence electrons. The molecule has 1 aromatic rings. The van der Waals surface area contributed by atoms with Crippen LogP contribution in [0.15, 0.2) is 30.3 Å². The number of carbonyl (C=O) groups excluding carboxylic acids is 2. The third kappa shape index (κ3) is 4.04. The predicted molar refractivity (Wildman–Crippen MR) is 66.2 cm³/mol. The molecule has 1 rings (SSSR count). The molecule has 0 bridgehead atoms. The summed E-state index contributed by atoms with van der Waals surface area (Å²) in [4.78, 5) is 25.7. The molecule has 0 saturated carbocycles. The molecular formula is C13H14N2O4. The minimum atomic E-state index is -1.09. The molecule has 6 heteroatoms. The molecule has 0 aliphatic rings. The first-order valence-electron chi connectivity index (χ1n) is 5.71. The maximum absolute atomic E-state index is 11.7. The van der Waals surface area contributed by atoms with E-state index in [4.69, 9.17) is 15.0 Å². The van der Waals surface area contributed by atoms with Gasteiger partial charge >= 0.3 is 17.7 Å². The SMILES string of the molecule is CCOC(=O)C(=[N+]=[N-])C(OC(C)=O)c1ccccc1. The maximum Gasteiger partial charge on any atom is 0.421 e. The summed E-state index contributed by atoms with van der Waals surface area (Å²) in [7, 11) is 0. The highest BCUT2D eigenvalue weighted by atomic mass is 16.6. The van der Waals surface area contributed by atoms with E-state index in [1.54, 1.807) is 37.3 Å². The lowest BCUT2D eigenvalue weighted by atomic mass is 10.1. The zero-order valence-electron chi connectivity index (χ0n) is 10.7. The van der Waals surface area contributed by atoms with Gasteiger partial charge in [0.25, 0.3) is 0 Å². The first-order chi connectivity index (χ1) is 9.10. The fourth-order valence-corrected chi connectivity index (χ4v) is 1.48. The van der Waals surface area contributed by atoms with Crippen molar-refractivity contribution in [1.29, 1.82) is 0 Å². The monoisotopic (exact) mass is 262 g/mol. The molecule has 1 aromatic carbocycles. The van der Waals surface area contributed by atoms with Crippen LogP contribution < -0.4 is 0 Å². The second-order valence-corrected chi connectivity index (χ2v) is 3.61. The second-order valence-electron chi connectivity index (χ2n) is 3.61. The lowest BCUT2D eigenvalue weighted by Crippen LogP contribution is -2.28. The van der Waals surface area contributed by atoms with Crippen LogP contribution in [0.4, 0.5) is 0 Å². The molecular weight excluding hydrogens is 248 g/mol. The van der Waals surface area contributed by atoms with E-state index in [-0.39, 0.29) is 12.3 Å². The van der Waals surface area contributed by atoms with E-state index in [1.807, 2.05) is 0 Å². The van der Waals surface area contributed by atoms with Crippen molar-refractivity contribution in [3.05, 3.63) is 41.4 Å². The van der Waals surface area contributed by atoms with Crippen LogP contribution in [0.2, 0.25) is 0 Å². The molecule has 0 aromatic heterocycles. The highest BCUT2D eigenvalue weighted by Crippen LogP contribution is 2.19. The second kappa shape index (κ2) is 7.08. The number of hydrogen-bond donors (Lipinski definition) is 0. The van der Waals surface area contributed by atoms with E-state index in [1.165, 1.54) is 6.92 Å². The Kier molecular flexibility index (Phi) is 5.44. The Morgan fingerprint density at radius 3 is 2.42 bits per heavy atom. The molecule has 1 atom stereocenters. The summed E-state index contributed by atoms with van der Waals surface area (Å²) in [6.07, 6.45) is -1.09. The van der Waals surface area contributed by atoms with Crippen LogP contribution >= 0.6 is 0 Å². The largest absolute Gasteiger partial charge is 0.457 e. The number of rotatable bonds is 5. The van der Waals surface area contributed by atoms with Gasteiger partial charge in [-0.1, -0.05) is 30.3 Å². The van der Waals surface area contributed by atoms with Gasteiger partial charge in [-0.25, -0.2) is 4.79 Å². The van der Waals surface area contributed by atoms with Crippen LogP contribution in [0.5, 0.6) is 0 Å². The van der Waals surface area contributed by atoms with Gasteiger partial charge in [0, 0.05) is 12.5 Å². The van der Waals surface area contributed by atoms with Crippen LogP contribution in [0, 0.1) is 0 Å². The van der Waals surface area contributed by atoms with Crippen molar-refractivity contribution in [1.82, 2.24) is 0 Å². The Hall–Kier alpha value is -2.46. The number of hydrogen-bond acceptors (Lipinski definition) is 4. The van der Waals surface area contributed by atoms with E-state index in [9.17, 15) is 9.59 Å². The third-order valence-corrected chi connectivity index (χ3v) is 2.23. The molecule has 0 radical (unpaired) electrons. The van der Waals surface area contributed by atoms with E-state index in [0.717, 1.165) is 0 Å². The quantitative estimate of drug-likeness (QED) is 0.348. The van der Waals surface area contributed by atoms with Gasteiger partial charge in [0.2, 0.25) is 6.10 Å². The van der Waals surface area contributed by atoms with Crippen molar-refractivity contribution < 1.29 is 23.9 Å². The molecule has 0 aliphatic heterocycles. The zero-order valence-corrected chi connectivity index (χ0v) is 10.7. The van der Waals surface area contributed by atoms with E-state index in [2.05, 4.69) is 4.79 Å². The Bertz CT molecular complexity index is 507. The van der Waals surface area contributed by atoms with Crippen molar-refractivity contribution in [3.8, 4) is 0 Å². The van der Waals surface area contributed by atoms with E-state index in [0.29, 0.717) is 5.56 Å². The number of ether oxygens (including phenoxy) is 2. The highest BCUT2D eigenvalue weighted by molar-refractivity contribution is 6.35. The zero-order chi connectivity index (χ0) is 14.3. The smallest absolute Gasteiger partial charge is 0.421 e. The summed E-state index contributed by atoms with van der Waals surface area (Å²) < 4.78 is 9.78. The Balaban J connectivity index is 3.13. The Labute approximate surface area is 110 Å². The fraction of sp³-hybridized carbons (Fsp3) is 0.308. The minimum Gasteiger partial charge on any atom is -0.457 e. The van der Waals surface area contributed by atoms with Crippen molar-refractivity contribution >= 4 is 17.7 Å². The van der Waals surface area contributed by atoms with Crippen molar-refractivity contribution in [2.75, 3.05) is 6.61 Å². The van der Waals surface area contributed by atoms with Gasteiger partial charge in [-0.3, -0.25) is 4.79 Å². The molecule has 0 N–H and O–H groups in total. The minimum absolute atomic E-state index is 0.124. The van der Waals surface area contributed by atoms with Gasteiger partial charge < -0.3 is 15.0 Å². The Morgan fingerprint density at radius 1 is 1.32 bits per heavy atom. The van der Waals surface area contributed by atoms with Crippen molar-refractivity contribution in [2.45, 2.75) is 20.0 Å². The van der Waals surface area contributed by atoms with Gasteiger partial charge in [-0.05, 0) is 6.92 Å². The lowest BCUT2D eigenvalue weighted by Gasteiger charge is -2.12. The van der Waals surface area contributed by atoms with Crippen LogP contribution in [0.3, 0.4) is 0 Å². The average Bonchev–Trinajstić information content (AvgIpc) is 2.39. The fourth-order valence-electron chi connectivity index (χ4n) is 1.48. The van der Waals surface area contributed by atoms with Gasteiger partial charge in [0.15, 0.2) is 0 Å². The summed E-state index contributed by atoms with van der Waals surface area (Å²) in [6.45, 7) is 2.95. The number of nitrogens with zero attached hydrogens (tertiary/aromatic N) is 2. The predicted octanol–water partition coefficient (Wildman–Crippen LogP) is 1.52. The van der Waals surface area contributed by atoms with Crippen LogP contribution in [-0.2, 0) is 19.1 Å². The number of carbonyl (C=O) groups is 2. The molecule has 1 unspecified atom stereocenters. The topological polar surface area (TPSA) is 89.0 Å². The Morgan fingerprint density at radius 2 is 1.95 bits per heavy atom. The first kappa shape index (κ1) is 14.6. The van der Waals surface area contributed by atoms with Crippen molar-refractivity contribution in [3.63, 3.8) is 0 Å². The standard InChI is InChI=1S/C13H14N2O4/c1-3-18-13(17)11(15-14)12(19-9(2)16)10-7-5-4-6-8-10/h4-8,12H,3H2,1-2H3. The molecule has 6 nitrogen and oxygen atoms in total. The average molecular weight is 262 g/mol. The molecule has 19 heavy (non-hydrogen) atoms. The summed E-state index contributed by atoms with van der Waals surface area (Å²) in [5.41, 5.74) is 9.10. The summed E-state index contributed by atoms with van der Waals surface area (Å²) in [5.74, 6) is -1.43. The van der Waals surface area contributed by atoms with Gasteiger partial charge in [-0.15, -0.1) is 0 Å². The lowest BCUT2D eigenvalue weighted by molar-refractivity contribution is -0.149. The van der Waals surface area contributed by atoms with Crippen LogP contribution in [0.25, 0.3) is 5.53 Å². The van der Waals surface area contributed by atoms with E-state index < -0.39 is 18.0 Å². The third-order valence-electron chi connectivity index (χ3n) is 2.23.